The second-order valence-electron chi connectivity index (χ2n) is 6.72. The van der Waals surface area contributed by atoms with Crippen molar-refractivity contribution in [1.29, 1.82) is 0 Å². The molecule has 1 aliphatic heterocycles. The second-order valence-corrected chi connectivity index (χ2v) is 6.72. The van der Waals surface area contributed by atoms with Crippen LogP contribution in [0.2, 0.25) is 0 Å². The summed E-state index contributed by atoms with van der Waals surface area (Å²) in [6, 6.07) is 2.28. The van der Waals surface area contributed by atoms with Gasteiger partial charge in [-0.2, -0.15) is 5.10 Å². The Balaban J connectivity index is 1.65. The van der Waals surface area contributed by atoms with Gasteiger partial charge in [0.1, 0.15) is 5.78 Å². The zero-order valence-electron chi connectivity index (χ0n) is 12.8. The van der Waals surface area contributed by atoms with Crippen LogP contribution in [0.4, 0.5) is 0 Å². The van der Waals surface area contributed by atoms with Crippen LogP contribution in [-0.2, 0) is 16.0 Å². The highest BCUT2D eigenvalue weighted by Gasteiger charge is 2.43. The van der Waals surface area contributed by atoms with Crippen LogP contribution in [0.1, 0.15) is 50.8 Å². The molecule has 0 amide bonds. The molecule has 2 atom stereocenters. The number of ketones is 1. The van der Waals surface area contributed by atoms with Gasteiger partial charge in [0.05, 0.1) is 36.8 Å². The average Bonchev–Trinajstić information content (AvgIpc) is 3.09. The van der Waals surface area contributed by atoms with Crippen molar-refractivity contribution in [3.63, 3.8) is 0 Å². The van der Waals surface area contributed by atoms with Crippen molar-refractivity contribution >= 4 is 5.78 Å². The predicted molar refractivity (Wildman–Crippen MR) is 80.0 cm³/mol. The molecule has 3 rings (SSSR count). The molecular formula is C16H25N3O2. The molecule has 0 radical (unpaired) electrons. The summed E-state index contributed by atoms with van der Waals surface area (Å²) in [5, 5.41) is 4.62. The molecule has 21 heavy (non-hydrogen) atoms. The van der Waals surface area contributed by atoms with E-state index in [1.807, 2.05) is 19.2 Å². The number of carbonyl (C=O) groups excluding carboxylic acids is 1. The number of nitrogens with two attached hydrogens (primary N) is 1. The Morgan fingerprint density at radius 3 is 2.90 bits per heavy atom. The van der Waals surface area contributed by atoms with Crippen molar-refractivity contribution in [1.82, 2.24) is 9.78 Å². The molecule has 2 aliphatic rings. The van der Waals surface area contributed by atoms with Crippen molar-refractivity contribution in [3.05, 3.63) is 18.0 Å². The molecule has 0 spiro atoms. The normalized spacial score (nSPS) is 30.7. The molecule has 5 heteroatoms. The maximum Gasteiger partial charge on any atom is 0.148 e. The van der Waals surface area contributed by atoms with Gasteiger partial charge in [-0.1, -0.05) is 19.3 Å². The van der Waals surface area contributed by atoms with Crippen molar-refractivity contribution in [2.24, 2.45) is 11.1 Å². The molecule has 2 fully saturated rings. The Bertz CT molecular complexity index is 507. The highest BCUT2D eigenvalue weighted by atomic mass is 16.5. The zero-order chi connectivity index (χ0) is 14.9. The van der Waals surface area contributed by atoms with Gasteiger partial charge in [0.2, 0.25) is 0 Å². The molecule has 1 saturated carbocycles. The Morgan fingerprint density at radius 2 is 2.24 bits per heavy atom. The van der Waals surface area contributed by atoms with Gasteiger partial charge in [0.25, 0.3) is 0 Å². The van der Waals surface area contributed by atoms with Crippen LogP contribution >= 0.6 is 0 Å². The van der Waals surface area contributed by atoms with E-state index in [-0.39, 0.29) is 11.8 Å². The van der Waals surface area contributed by atoms with E-state index in [4.69, 9.17) is 10.5 Å². The number of ether oxygens (including phenoxy) is 1. The summed E-state index contributed by atoms with van der Waals surface area (Å²) in [5.41, 5.74) is 6.31. The lowest BCUT2D eigenvalue weighted by atomic mass is 9.80. The summed E-state index contributed by atoms with van der Waals surface area (Å²) in [6.45, 7) is 2.81. The van der Waals surface area contributed by atoms with E-state index in [0.717, 1.165) is 5.69 Å². The first-order valence-corrected chi connectivity index (χ1v) is 8.00. The summed E-state index contributed by atoms with van der Waals surface area (Å²) in [7, 11) is 0. The lowest BCUT2D eigenvalue weighted by molar-refractivity contribution is -0.127. The third-order valence-corrected chi connectivity index (χ3v) is 5.11. The van der Waals surface area contributed by atoms with Gasteiger partial charge in [-0.25, -0.2) is 0 Å². The minimum Gasteiger partial charge on any atom is -0.379 e. The van der Waals surface area contributed by atoms with Crippen molar-refractivity contribution in [3.8, 4) is 0 Å². The molecule has 116 valence electrons. The van der Waals surface area contributed by atoms with E-state index in [2.05, 4.69) is 9.78 Å². The van der Waals surface area contributed by atoms with E-state index in [1.54, 1.807) is 0 Å². The van der Waals surface area contributed by atoms with E-state index < -0.39 is 5.41 Å². The minimum absolute atomic E-state index is 0.140. The number of Topliss-reactive ketones (excluding diaryl/α,β-unsaturated/α-hetero) is 1. The van der Waals surface area contributed by atoms with Crippen LogP contribution in [0.25, 0.3) is 0 Å². The predicted octanol–water partition coefficient (Wildman–Crippen LogP) is 1.86. The van der Waals surface area contributed by atoms with Crippen molar-refractivity contribution in [2.75, 3.05) is 13.2 Å². The third-order valence-electron chi connectivity index (χ3n) is 5.11. The molecular weight excluding hydrogens is 266 g/mol. The highest BCUT2D eigenvalue weighted by Crippen LogP contribution is 2.30. The molecule has 0 bridgehead atoms. The first-order chi connectivity index (χ1) is 10.1. The molecule has 2 N–H and O–H groups in total. The third kappa shape index (κ3) is 2.90. The largest absolute Gasteiger partial charge is 0.379 e. The van der Waals surface area contributed by atoms with Crippen LogP contribution in [0.15, 0.2) is 12.3 Å². The maximum atomic E-state index is 12.5. The fourth-order valence-corrected chi connectivity index (χ4v) is 3.36. The number of carbonyl (C=O) groups is 1. The zero-order valence-corrected chi connectivity index (χ0v) is 12.8. The van der Waals surface area contributed by atoms with E-state index >= 15 is 0 Å². The Hall–Kier alpha value is -1.20. The first-order valence-electron chi connectivity index (χ1n) is 8.00. The van der Waals surface area contributed by atoms with Gasteiger partial charge < -0.3 is 10.5 Å². The molecule has 1 aliphatic carbocycles. The van der Waals surface area contributed by atoms with Crippen LogP contribution in [-0.4, -0.2) is 34.8 Å². The van der Waals surface area contributed by atoms with Crippen molar-refractivity contribution in [2.45, 2.75) is 57.5 Å². The smallest absolute Gasteiger partial charge is 0.148 e. The lowest BCUT2D eigenvalue weighted by Crippen LogP contribution is -2.45. The topological polar surface area (TPSA) is 70.1 Å². The van der Waals surface area contributed by atoms with Gasteiger partial charge in [-0.15, -0.1) is 0 Å². The number of hydrogen-bond donors (Lipinski definition) is 1. The molecule has 2 unspecified atom stereocenters. The fraction of sp³-hybridized carbons (Fsp3) is 0.750. The minimum atomic E-state index is -0.561. The summed E-state index contributed by atoms with van der Waals surface area (Å²) in [6.07, 6.45) is 8.67. The van der Waals surface area contributed by atoms with Crippen LogP contribution < -0.4 is 5.73 Å². The number of hydrogen-bond acceptors (Lipinski definition) is 4. The molecule has 1 aromatic heterocycles. The first kappa shape index (κ1) is 14.7. The van der Waals surface area contributed by atoms with E-state index in [9.17, 15) is 4.79 Å². The molecule has 0 aromatic carbocycles. The lowest BCUT2D eigenvalue weighted by Gasteiger charge is -2.24. The Labute approximate surface area is 125 Å². The Kier molecular flexibility index (Phi) is 4.13. The summed E-state index contributed by atoms with van der Waals surface area (Å²) >= 11 is 0. The summed E-state index contributed by atoms with van der Waals surface area (Å²) < 4.78 is 7.41. The van der Waals surface area contributed by atoms with Gasteiger partial charge in [0.15, 0.2) is 0 Å². The van der Waals surface area contributed by atoms with Crippen LogP contribution in [0.5, 0.6) is 0 Å². The number of aromatic nitrogens is 2. The molecule has 5 nitrogen and oxygen atoms in total. The summed E-state index contributed by atoms with van der Waals surface area (Å²) in [5.74, 6) is 0.140. The van der Waals surface area contributed by atoms with Crippen LogP contribution in [0.3, 0.4) is 0 Å². The van der Waals surface area contributed by atoms with Crippen molar-refractivity contribution < 1.29 is 9.53 Å². The average molecular weight is 291 g/mol. The number of rotatable bonds is 4. The van der Waals surface area contributed by atoms with Gasteiger partial charge in [-0.05, 0) is 25.8 Å². The summed E-state index contributed by atoms with van der Waals surface area (Å²) in [4.78, 5) is 12.5. The quantitative estimate of drug-likeness (QED) is 0.919. The van der Waals surface area contributed by atoms with Crippen LogP contribution in [0, 0.1) is 5.41 Å². The van der Waals surface area contributed by atoms with E-state index in [0.29, 0.717) is 25.7 Å². The SMILES string of the molecule is CC1(C(=O)Cc2ccn(C3CCCCC3)n2)COCC1N. The second kappa shape index (κ2) is 5.89. The van der Waals surface area contributed by atoms with Gasteiger partial charge >= 0.3 is 0 Å². The van der Waals surface area contributed by atoms with Gasteiger partial charge in [0, 0.05) is 12.2 Å². The van der Waals surface area contributed by atoms with E-state index in [1.165, 1.54) is 32.1 Å². The standard InChI is InChI=1S/C16H25N3O2/c1-16(11-21-10-14(16)17)15(20)9-12-7-8-19(18-12)13-5-3-2-4-6-13/h7-8,13-14H,2-6,9-11,17H2,1H3. The highest BCUT2D eigenvalue weighted by molar-refractivity contribution is 5.87. The van der Waals surface area contributed by atoms with Gasteiger partial charge in [-0.3, -0.25) is 9.48 Å². The molecule has 1 saturated heterocycles. The monoisotopic (exact) mass is 291 g/mol. The molecule has 2 heterocycles. The fourth-order valence-electron chi connectivity index (χ4n) is 3.36. The number of nitrogens with zero attached hydrogens (tertiary/aromatic N) is 2. The molecule has 1 aromatic rings. The Morgan fingerprint density at radius 1 is 1.48 bits per heavy atom. The maximum absolute atomic E-state index is 12.5.